The first-order chi connectivity index (χ1) is 3.06. The van der Waals surface area contributed by atoms with Crippen LogP contribution in [0.15, 0.2) is 0 Å². The summed E-state index contributed by atoms with van der Waals surface area (Å²) in [6, 6.07) is 0. The molecular formula is CH4FeLiO5P. The minimum atomic E-state index is -4.53. The van der Waals surface area contributed by atoms with Crippen molar-refractivity contribution in [3.8, 4) is 0 Å². The second-order valence-electron chi connectivity index (χ2n) is 0.692. The van der Waals surface area contributed by atoms with Crippen LogP contribution in [0.4, 0.5) is 0 Å². The average molecular weight is 190 g/mol. The number of carbonyl (C=O) groups excluding carboxylic acids is 1. The predicted octanol–water partition coefficient (Wildman–Crippen LogP) is -1.40. The maximum absolute atomic E-state index is 9.47. The predicted molar refractivity (Wildman–Crippen MR) is 26.3 cm³/mol. The molecule has 0 unspecified atom stereocenters. The van der Waals surface area contributed by atoms with Crippen molar-refractivity contribution in [2.45, 2.75) is 0 Å². The first-order valence-electron chi connectivity index (χ1n) is 1.24. The van der Waals surface area contributed by atoms with E-state index >= 15 is 0 Å². The molecule has 0 rings (SSSR count). The van der Waals surface area contributed by atoms with E-state index in [0.29, 0.717) is 0 Å². The van der Waals surface area contributed by atoms with Gasteiger partial charge in [-0.05, 0) is 0 Å². The zero-order chi connectivity index (χ0) is 5.91. The van der Waals surface area contributed by atoms with E-state index in [1.165, 1.54) is 0 Å². The SMILES string of the molecule is O=COP(=O)(O)O.[Fe].[LiH]. The van der Waals surface area contributed by atoms with Crippen LogP contribution in [-0.2, 0) is 31.0 Å². The molecule has 0 fully saturated rings. The van der Waals surface area contributed by atoms with E-state index in [2.05, 4.69) is 4.52 Å². The fourth-order valence-electron chi connectivity index (χ4n) is 0.0561. The fraction of sp³-hybridized carbons (Fsp3) is 0. The molecule has 0 spiro atoms. The Kier molecular flexibility index (Phi) is 12.5. The summed E-state index contributed by atoms with van der Waals surface area (Å²) in [6.07, 6.45) is 0. The molecule has 52 valence electrons. The van der Waals surface area contributed by atoms with Crippen LogP contribution < -0.4 is 0 Å². The van der Waals surface area contributed by atoms with Crippen molar-refractivity contribution in [3.05, 3.63) is 0 Å². The molecule has 0 radical (unpaired) electrons. The van der Waals surface area contributed by atoms with Gasteiger partial charge in [0.1, 0.15) is 0 Å². The second-order valence-corrected chi connectivity index (χ2v) is 1.88. The van der Waals surface area contributed by atoms with Crippen LogP contribution in [0.5, 0.6) is 0 Å². The van der Waals surface area contributed by atoms with E-state index in [4.69, 9.17) is 14.6 Å². The van der Waals surface area contributed by atoms with Gasteiger partial charge in [-0.1, -0.05) is 0 Å². The maximum atomic E-state index is 9.47. The Morgan fingerprint density at radius 2 is 1.78 bits per heavy atom. The summed E-state index contributed by atoms with van der Waals surface area (Å²) in [4.78, 5) is 24.5. The number of carbonyl (C=O) groups is 1. The molecular weight excluding hydrogens is 186 g/mol. The van der Waals surface area contributed by atoms with Crippen molar-refractivity contribution >= 4 is 33.2 Å². The summed E-state index contributed by atoms with van der Waals surface area (Å²) in [7, 11) is -4.53. The molecule has 9 heavy (non-hydrogen) atoms. The van der Waals surface area contributed by atoms with Crippen molar-refractivity contribution in [1.82, 2.24) is 0 Å². The van der Waals surface area contributed by atoms with Gasteiger partial charge in [0.25, 0.3) is 0 Å². The minimum absolute atomic E-state index is 0. The molecule has 0 aromatic rings. The summed E-state index contributed by atoms with van der Waals surface area (Å²) in [6.45, 7) is -0.305. The van der Waals surface area contributed by atoms with E-state index in [0.717, 1.165) is 0 Å². The normalized spacial score (nSPS) is 8.22. The molecule has 0 aromatic carbocycles. The summed E-state index contributed by atoms with van der Waals surface area (Å²) in [5.41, 5.74) is 0. The van der Waals surface area contributed by atoms with E-state index in [9.17, 15) is 4.57 Å². The van der Waals surface area contributed by atoms with Crippen LogP contribution in [0.3, 0.4) is 0 Å². The van der Waals surface area contributed by atoms with Gasteiger partial charge in [0.2, 0.25) is 0 Å². The monoisotopic (exact) mass is 190 g/mol. The Balaban J connectivity index is -0.000000180. The van der Waals surface area contributed by atoms with Crippen molar-refractivity contribution in [3.63, 3.8) is 0 Å². The molecule has 0 amide bonds. The van der Waals surface area contributed by atoms with Gasteiger partial charge in [0.05, 0.1) is 0 Å². The summed E-state index contributed by atoms with van der Waals surface area (Å²) < 4.78 is 12.7. The number of hydrogen-bond donors (Lipinski definition) is 2. The van der Waals surface area contributed by atoms with Crippen LogP contribution in [0.1, 0.15) is 0 Å². The molecule has 0 bridgehead atoms. The first-order valence-corrected chi connectivity index (χ1v) is 2.77. The van der Waals surface area contributed by atoms with E-state index in [1.54, 1.807) is 0 Å². The molecule has 0 atom stereocenters. The zero-order valence-electron chi connectivity index (χ0n) is 3.50. The van der Waals surface area contributed by atoms with Gasteiger partial charge < -0.3 is 4.52 Å². The number of phosphoric acid groups is 1. The molecule has 0 saturated heterocycles. The third-order valence-electron chi connectivity index (χ3n) is 0.180. The summed E-state index contributed by atoms with van der Waals surface area (Å²) in [5.74, 6) is 0. The molecule has 2 N–H and O–H groups in total. The Hall–Kier alpha value is 0.737. The van der Waals surface area contributed by atoms with Gasteiger partial charge in [-0.25, -0.2) is 4.57 Å². The topological polar surface area (TPSA) is 83.8 Å². The van der Waals surface area contributed by atoms with Gasteiger partial charge in [-0.3, -0.25) is 14.6 Å². The number of phosphoric ester groups is 1. The third kappa shape index (κ3) is 17.7. The van der Waals surface area contributed by atoms with E-state index < -0.39 is 7.82 Å². The second kappa shape index (κ2) is 6.85. The average Bonchev–Trinajstić information content (AvgIpc) is 1.30. The number of rotatable bonds is 2. The van der Waals surface area contributed by atoms with E-state index in [1.807, 2.05) is 0 Å². The Labute approximate surface area is 74.0 Å². The molecule has 8 heteroatoms. The van der Waals surface area contributed by atoms with Crippen LogP contribution in [-0.4, -0.2) is 35.1 Å². The molecule has 0 aliphatic carbocycles. The quantitative estimate of drug-likeness (QED) is 0.317. The zero-order valence-corrected chi connectivity index (χ0v) is 5.50. The molecule has 0 saturated carbocycles. The molecule has 5 nitrogen and oxygen atoms in total. The standard InChI is InChI=1S/CH3O5P.Fe.Li.H/c2-1-6-7(3,4)5;;;/h1H,(H2,3,4,5);;;. The van der Waals surface area contributed by atoms with E-state index in [-0.39, 0.29) is 42.4 Å². The first kappa shape index (κ1) is 16.4. The van der Waals surface area contributed by atoms with Crippen LogP contribution in [0.2, 0.25) is 0 Å². The van der Waals surface area contributed by atoms with Crippen LogP contribution >= 0.6 is 7.82 Å². The van der Waals surface area contributed by atoms with Crippen molar-refractivity contribution in [2.75, 3.05) is 0 Å². The van der Waals surface area contributed by atoms with Gasteiger partial charge >= 0.3 is 33.2 Å². The Morgan fingerprint density at radius 1 is 1.44 bits per heavy atom. The van der Waals surface area contributed by atoms with Crippen molar-refractivity contribution < 1.29 is 40.7 Å². The van der Waals surface area contributed by atoms with Gasteiger partial charge in [-0.15, -0.1) is 0 Å². The molecule has 0 aliphatic rings. The molecule has 0 aromatic heterocycles. The van der Waals surface area contributed by atoms with Gasteiger partial charge in [-0.2, -0.15) is 0 Å². The van der Waals surface area contributed by atoms with Crippen molar-refractivity contribution in [1.29, 1.82) is 0 Å². The molecule has 0 aliphatic heterocycles. The number of hydrogen-bond acceptors (Lipinski definition) is 3. The molecule has 0 heterocycles. The van der Waals surface area contributed by atoms with Gasteiger partial charge in [0.15, 0.2) is 0 Å². The Bertz CT molecular complexity index is 110. The fourth-order valence-corrected chi connectivity index (χ4v) is 0.168. The van der Waals surface area contributed by atoms with Crippen molar-refractivity contribution in [2.24, 2.45) is 0 Å². The third-order valence-corrected chi connectivity index (χ3v) is 0.541. The summed E-state index contributed by atoms with van der Waals surface area (Å²) in [5, 5.41) is 0. The Morgan fingerprint density at radius 3 is 1.78 bits per heavy atom. The van der Waals surface area contributed by atoms with Crippen LogP contribution in [0.25, 0.3) is 0 Å². The van der Waals surface area contributed by atoms with Crippen LogP contribution in [0, 0.1) is 0 Å². The summed E-state index contributed by atoms with van der Waals surface area (Å²) >= 11 is 0. The van der Waals surface area contributed by atoms with Gasteiger partial charge in [0, 0.05) is 17.1 Å².